The number of hydrogen-bond donors (Lipinski definition) is 2. The van der Waals surface area contributed by atoms with Crippen molar-refractivity contribution in [2.45, 2.75) is 39.3 Å². The van der Waals surface area contributed by atoms with Crippen LogP contribution < -0.4 is 11.1 Å². The van der Waals surface area contributed by atoms with Crippen molar-refractivity contribution in [2.24, 2.45) is 10.7 Å². The van der Waals surface area contributed by atoms with Crippen molar-refractivity contribution in [2.75, 3.05) is 19.7 Å². The zero-order chi connectivity index (χ0) is 16.7. The minimum atomic E-state index is -0.230. The van der Waals surface area contributed by atoms with E-state index in [-0.39, 0.29) is 12.1 Å². The quantitative estimate of drug-likeness (QED) is 0.657. The van der Waals surface area contributed by atoms with E-state index in [1.165, 1.54) is 5.56 Å². The monoisotopic (exact) mass is 318 g/mol. The van der Waals surface area contributed by atoms with Gasteiger partial charge >= 0.3 is 6.09 Å². The zero-order valence-electron chi connectivity index (χ0n) is 13.9. The molecule has 1 aliphatic heterocycles. The molecule has 6 heteroatoms. The molecule has 0 saturated carbocycles. The molecule has 1 aromatic rings. The third-order valence-corrected chi connectivity index (χ3v) is 3.89. The van der Waals surface area contributed by atoms with E-state index in [1.54, 1.807) is 4.90 Å². The van der Waals surface area contributed by atoms with Gasteiger partial charge in [0.25, 0.3) is 0 Å². The number of amides is 1. The Hall–Kier alpha value is -2.24. The van der Waals surface area contributed by atoms with Crippen LogP contribution in [0.4, 0.5) is 4.79 Å². The number of aryl methyl sites for hydroxylation is 1. The number of ether oxygens (including phenoxy) is 1. The molecule has 0 bridgehead atoms. The summed E-state index contributed by atoms with van der Waals surface area (Å²) in [6.45, 7) is 6.23. The molecule has 0 aliphatic carbocycles. The number of carbonyl (C=O) groups excluding carboxylic acids is 1. The molecule has 6 nitrogen and oxygen atoms in total. The maximum absolute atomic E-state index is 11.6. The maximum Gasteiger partial charge on any atom is 0.409 e. The predicted molar refractivity (Wildman–Crippen MR) is 91.3 cm³/mol. The summed E-state index contributed by atoms with van der Waals surface area (Å²) >= 11 is 0. The molecule has 0 unspecified atom stereocenters. The normalized spacial score (nSPS) is 16.3. The van der Waals surface area contributed by atoms with Crippen LogP contribution in [0.1, 0.15) is 30.9 Å². The van der Waals surface area contributed by atoms with Crippen LogP contribution in [-0.4, -0.2) is 42.7 Å². The van der Waals surface area contributed by atoms with Crippen LogP contribution in [0.15, 0.2) is 29.3 Å². The molecule has 126 valence electrons. The van der Waals surface area contributed by atoms with Crippen LogP contribution in [-0.2, 0) is 11.3 Å². The van der Waals surface area contributed by atoms with Gasteiger partial charge in [0.05, 0.1) is 13.2 Å². The summed E-state index contributed by atoms with van der Waals surface area (Å²) in [6.07, 6.45) is 1.46. The summed E-state index contributed by atoms with van der Waals surface area (Å²) in [5.41, 5.74) is 8.33. The lowest BCUT2D eigenvalue weighted by molar-refractivity contribution is 0.0963. The third-order valence-electron chi connectivity index (χ3n) is 3.89. The molecule has 1 aliphatic rings. The Morgan fingerprint density at radius 3 is 2.83 bits per heavy atom. The number of hydrogen-bond acceptors (Lipinski definition) is 3. The second-order valence-corrected chi connectivity index (χ2v) is 5.80. The number of benzene rings is 1. The fourth-order valence-corrected chi connectivity index (χ4v) is 2.66. The number of aliphatic imine (C=N–C) groups is 1. The van der Waals surface area contributed by atoms with Gasteiger partial charge in [0, 0.05) is 19.1 Å². The van der Waals surface area contributed by atoms with Crippen LogP contribution >= 0.6 is 0 Å². The van der Waals surface area contributed by atoms with Crippen LogP contribution in [0.25, 0.3) is 0 Å². The molecule has 0 radical (unpaired) electrons. The van der Waals surface area contributed by atoms with Gasteiger partial charge in [0.2, 0.25) is 0 Å². The first kappa shape index (κ1) is 17.1. The highest BCUT2D eigenvalue weighted by atomic mass is 16.6. The molecule has 0 atom stereocenters. The molecule has 0 spiro atoms. The van der Waals surface area contributed by atoms with Gasteiger partial charge in [-0.2, -0.15) is 0 Å². The summed E-state index contributed by atoms with van der Waals surface area (Å²) < 4.78 is 5.01. The Morgan fingerprint density at radius 2 is 2.17 bits per heavy atom. The first-order chi connectivity index (χ1) is 11.1. The molecule has 1 aromatic carbocycles. The Kier molecular flexibility index (Phi) is 6.26. The zero-order valence-corrected chi connectivity index (χ0v) is 13.9. The first-order valence-corrected chi connectivity index (χ1v) is 8.12. The maximum atomic E-state index is 11.6. The molecule has 3 N–H and O–H groups in total. The molecule has 2 rings (SSSR count). The SMILES string of the molecule is CCOC(=O)N1CCC(NC(N)=NCc2cccc(C)c2)CC1. The highest BCUT2D eigenvalue weighted by molar-refractivity contribution is 5.78. The van der Waals surface area contributed by atoms with Crippen LogP contribution in [0, 0.1) is 6.92 Å². The molecular weight excluding hydrogens is 292 g/mol. The van der Waals surface area contributed by atoms with E-state index >= 15 is 0 Å². The van der Waals surface area contributed by atoms with Gasteiger partial charge in [-0.1, -0.05) is 29.8 Å². The van der Waals surface area contributed by atoms with Gasteiger partial charge in [0.1, 0.15) is 0 Å². The molecular formula is C17H26N4O2. The summed E-state index contributed by atoms with van der Waals surface area (Å²) in [5, 5.41) is 3.24. The van der Waals surface area contributed by atoms with E-state index in [1.807, 2.05) is 19.1 Å². The van der Waals surface area contributed by atoms with E-state index in [0.717, 1.165) is 18.4 Å². The van der Waals surface area contributed by atoms with E-state index < -0.39 is 0 Å². The molecule has 1 amide bonds. The van der Waals surface area contributed by atoms with Gasteiger partial charge in [-0.25, -0.2) is 9.79 Å². The lowest BCUT2D eigenvalue weighted by atomic mass is 10.1. The minimum Gasteiger partial charge on any atom is -0.450 e. The van der Waals surface area contributed by atoms with Crippen molar-refractivity contribution in [3.63, 3.8) is 0 Å². The van der Waals surface area contributed by atoms with Crippen LogP contribution in [0.5, 0.6) is 0 Å². The largest absolute Gasteiger partial charge is 0.450 e. The Bertz CT molecular complexity index is 551. The molecule has 1 fully saturated rings. The predicted octanol–water partition coefficient (Wildman–Crippen LogP) is 2.02. The summed E-state index contributed by atoms with van der Waals surface area (Å²) in [4.78, 5) is 17.8. The van der Waals surface area contributed by atoms with Crippen molar-refractivity contribution >= 4 is 12.1 Å². The number of piperidine rings is 1. The smallest absolute Gasteiger partial charge is 0.409 e. The van der Waals surface area contributed by atoms with Gasteiger partial charge < -0.3 is 20.7 Å². The van der Waals surface area contributed by atoms with Gasteiger partial charge in [-0.15, -0.1) is 0 Å². The Balaban J connectivity index is 1.77. The number of nitrogens with two attached hydrogens (primary N) is 1. The molecule has 23 heavy (non-hydrogen) atoms. The second kappa shape index (κ2) is 8.41. The number of rotatable bonds is 4. The van der Waals surface area contributed by atoms with E-state index in [9.17, 15) is 4.79 Å². The van der Waals surface area contributed by atoms with E-state index in [0.29, 0.717) is 32.2 Å². The number of carbonyl (C=O) groups is 1. The average Bonchev–Trinajstić information content (AvgIpc) is 2.54. The summed E-state index contributed by atoms with van der Waals surface area (Å²) in [6, 6.07) is 8.49. The third kappa shape index (κ3) is 5.47. The van der Waals surface area contributed by atoms with Crippen molar-refractivity contribution in [1.82, 2.24) is 10.2 Å². The lowest BCUT2D eigenvalue weighted by Gasteiger charge is -2.31. The fourth-order valence-electron chi connectivity index (χ4n) is 2.66. The van der Waals surface area contributed by atoms with Gasteiger partial charge in [-0.3, -0.25) is 0 Å². The highest BCUT2D eigenvalue weighted by Gasteiger charge is 2.23. The minimum absolute atomic E-state index is 0.230. The number of guanidine groups is 1. The highest BCUT2D eigenvalue weighted by Crippen LogP contribution is 2.11. The van der Waals surface area contributed by atoms with Crippen molar-refractivity contribution < 1.29 is 9.53 Å². The topological polar surface area (TPSA) is 80.0 Å². The number of nitrogens with one attached hydrogen (secondary N) is 1. The molecule has 0 aromatic heterocycles. The molecule has 1 saturated heterocycles. The second-order valence-electron chi connectivity index (χ2n) is 5.80. The van der Waals surface area contributed by atoms with E-state index in [2.05, 4.69) is 29.4 Å². The summed E-state index contributed by atoms with van der Waals surface area (Å²) in [5.74, 6) is 0.459. The Labute approximate surface area is 137 Å². The van der Waals surface area contributed by atoms with Gasteiger partial charge in [0.15, 0.2) is 5.96 Å². The summed E-state index contributed by atoms with van der Waals surface area (Å²) in [7, 11) is 0. The lowest BCUT2D eigenvalue weighted by Crippen LogP contribution is -2.48. The number of nitrogens with zero attached hydrogens (tertiary/aromatic N) is 2. The van der Waals surface area contributed by atoms with E-state index in [4.69, 9.17) is 10.5 Å². The number of likely N-dealkylation sites (tertiary alicyclic amines) is 1. The average molecular weight is 318 g/mol. The standard InChI is InChI=1S/C17H26N4O2/c1-3-23-17(22)21-9-7-15(8-10-21)20-16(18)19-12-14-6-4-5-13(2)11-14/h4-6,11,15H,3,7-10,12H2,1-2H3,(H3,18,19,20). The van der Waals surface area contributed by atoms with Crippen LogP contribution in [0.3, 0.4) is 0 Å². The van der Waals surface area contributed by atoms with Crippen molar-refractivity contribution in [3.05, 3.63) is 35.4 Å². The Morgan fingerprint density at radius 1 is 1.43 bits per heavy atom. The van der Waals surface area contributed by atoms with Crippen molar-refractivity contribution in [1.29, 1.82) is 0 Å². The van der Waals surface area contributed by atoms with Gasteiger partial charge in [-0.05, 0) is 32.3 Å². The fraction of sp³-hybridized carbons (Fsp3) is 0.529. The first-order valence-electron chi connectivity index (χ1n) is 8.12. The molecule has 1 heterocycles. The van der Waals surface area contributed by atoms with Crippen molar-refractivity contribution in [3.8, 4) is 0 Å². The van der Waals surface area contributed by atoms with Crippen LogP contribution in [0.2, 0.25) is 0 Å².